The lowest BCUT2D eigenvalue weighted by Gasteiger charge is -2.18. The Hall–Kier alpha value is -3.61. The molecule has 162 valence electrons. The molecule has 3 aromatic rings. The van der Waals surface area contributed by atoms with Crippen molar-refractivity contribution >= 4 is 17.8 Å². The number of anilines is 1. The van der Waals surface area contributed by atoms with E-state index >= 15 is 0 Å². The van der Waals surface area contributed by atoms with Crippen LogP contribution in [0.3, 0.4) is 0 Å². The second kappa shape index (κ2) is 9.47. The average molecular weight is 421 g/mol. The molecular weight excluding hydrogens is 392 g/mol. The fourth-order valence-corrected chi connectivity index (χ4v) is 3.04. The summed E-state index contributed by atoms with van der Waals surface area (Å²) in [4.78, 5) is 23.8. The molecule has 2 aromatic carbocycles. The van der Waals surface area contributed by atoms with Crippen LogP contribution in [0.25, 0.3) is 16.9 Å². The van der Waals surface area contributed by atoms with Crippen LogP contribution in [0.2, 0.25) is 0 Å². The van der Waals surface area contributed by atoms with Crippen molar-refractivity contribution in [3.63, 3.8) is 0 Å². The van der Waals surface area contributed by atoms with Crippen molar-refractivity contribution in [1.82, 2.24) is 15.1 Å². The lowest BCUT2D eigenvalue weighted by atomic mass is 9.86. The molecular formula is C24H28N4O3. The smallest absolute Gasteiger partial charge is 0.325 e. The summed E-state index contributed by atoms with van der Waals surface area (Å²) in [5.41, 5.74) is 3.77. The fraction of sp³-hybridized carbons (Fsp3) is 0.292. The van der Waals surface area contributed by atoms with Gasteiger partial charge >= 0.3 is 12.0 Å². The molecule has 7 heteroatoms. The molecule has 1 aromatic heterocycles. The number of hydrogen-bond acceptors (Lipinski definition) is 4. The molecule has 0 radical (unpaired) electrons. The lowest BCUT2D eigenvalue weighted by molar-refractivity contribution is -0.141. The molecule has 1 heterocycles. The average Bonchev–Trinajstić information content (AvgIpc) is 3.16. The summed E-state index contributed by atoms with van der Waals surface area (Å²) < 4.78 is 6.50. The van der Waals surface area contributed by atoms with E-state index in [1.54, 1.807) is 11.6 Å². The first kappa shape index (κ1) is 22.1. The molecule has 0 atom stereocenters. The Morgan fingerprint density at radius 1 is 1.03 bits per heavy atom. The van der Waals surface area contributed by atoms with Crippen molar-refractivity contribution in [2.45, 2.75) is 33.1 Å². The predicted octanol–water partition coefficient (Wildman–Crippen LogP) is 4.52. The molecule has 0 bridgehead atoms. The second-order valence-corrected chi connectivity index (χ2v) is 8.10. The minimum atomic E-state index is -0.514. The molecule has 7 nitrogen and oxygen atoms in total. The first-order valence-corrected chi connectivity index (χ1v) is 10.2. The topological polar surface area (TPSA) is 85.2 Å². The summed E-state index contributed by atoms with van der Waals surface area (Å²) in [5.74, 6) is -0.00343. The number of nitrogens with zero attached hydrogens (tertiary/aromatic N) is 2. The number of esters is 1. The minimum absolute atomic E-state index is 0.0612. The van der Waals surface area contributed by atoms with Crippen LogP contribution in [-0.2, 0) is 14.9 Å². The van der Waals surface area contributed by atoms with Crippen LogP contribution in [-0.4, -0.2) is 34.9 Å². The van der Waals surface area contributed by atoms with Gasteiger partial charge in [0.2, 0.25) is 0 Å². The van der Waals surface area contributed by atoms with Gasteiger partial charge in [-0.15, -0.1) is 0 Å². The zero-order valence-corrected chi connectivity index (χ0v) is 18.3. The van der Waals surface area contributed by atoms with E-state index in [0.717, 1.165) is 16.9 Å². The first-order chi connectivity index (χ1) is 14.8. The van der Waals surface area contributed by atoms with Gasteiger partial charge in [0.1, 0.15) is 12.4 Å². The van der Waals surface area contributed by atoms with E-state index in [1.807, 2.05) is 48.5 Å². The number of urea groups is 1. The minimum Gasteiger partial charge on any atom is -0.465 e. The summed E-state index contributed by atoms with van der Waals surface area (Å²) in [6.07, 6.45) is 0. The zero-order chi connectivity index (χ0) is 22.4. The van der Waals surface area contributed by atoms with Gasteiger partial charge in [-0.2, -0.15) is 5.10 Å². The van der Waals surface area contributed by atoms with Gasteiger partial charge in [-0.1, -0.05) is 63.2 Å². The molecule has 3 rings (SSSR count). The normalized spacial score (nSPS) is 11.1. The Morgan fingerprint density at radius 3 is 2.32 bits per heavy atom. The van der Waals surface area contributed by atoms with Crippen LogP contribution in [0.1, 0.15) is 33.3 Å². The van der Waals surface area contributed by atoms with Crippen molar-refractivity contribution in [2.75, 3.05) is 18.5 Å². The summed E-state index contributed by atoms with van der Waals surface area (Å²) in [5, 5.41) is 9.98. The molecule has 0 aliphatic carbocycles. The molecule has 0 saturated carbocycles. The SMILES string of the molecule is CCOC(=O)CNC(=O)Nc1cc(-c2ccc(C(C)(C)C)cc2)nn1-c1ccccc1. The zero-order valence-electron chi connectivity index (χ0n) is 18.3. The van der Waals surface area contributed by atoms with Crippen molar-refractivity contribution in [3.8, 4) is 16.9 Å². The van der Waals surface area contributed by atoms with Crippen molar-refractivity contribution < 1.29 is 14.3 Å². The van der Waals surface area contributed by atoms with Gasteiger partial charge in [0.05, 0.1) is 18.0 Å². The summed E-state index contributed by atoms with van der Waals surface area (Å²) in [6.45, 7) is 8.28. The summed E-state index contributed by atoms with van der Waals surface area (Å²) in [6, 6.07) is 19.1. The molecule has 31 heavy (non-hydrogen) atoms. The standard InChI is InChI=1S/C24H28N4O3/c1-5-31-22(29)16-25-23(30)26-21-15-20(27-28(21)19-9-7-6-8-10-19)17-11-13-18(14-12-17)24(2,3)4/h6-15H,5,16H2,1-4H3,(H2,25,26,30). The number of carbonyl (C=O) groups is 2. The van der Waals surface area contributed by atoms with E-state index < -0.39 is 12.0 Å². The monoisotopic (exact) mass is 420 g/mol. The highest BCUT2D eigenvalue weighted by Crippen LogP contribution is 2.28. The van der Waals surface area contributed by atoms with Crippen LogP contribution in [0.15, 0.2) is 60.7 Å². The predicted molar refractivity (Wildman–Crippen MR) is 121 cm³/mol. The Morgan fingerprint density at radius 2 is 1.71 bits per heavy atom. The van der Waals surface area contributed by atoms with Crippen molar-refractivity contribution in [1.29, 1.82) is 0 Å². The molecule has 0 aliphatic rings. The van der Waals surface area contributed by atoms with E-state index in [-0.39, 0.29) is 18.6 Å². The molecule has 0 unspecified atom stereocenters. The Kier molecular flexibility index (Phi) is 6.74. The molecule has 0 spiro atoms. The third-order valence-electron chi connectivity index (χ3n) is 4.70. The van der Waals surface area contributed by atoms with Gasteiger partial charge < -0.3 is 10.1 Å². The highest BCUT2D eigenvalue weighted by Gasteiger charge is 2.16. The van der Waals surface area contributed by atoms with Crippen LogP contribution in [0.4, 0.5) is 10.6 Å². The van der Waals surface area contributed by atoms with Crippen molar-refractivity contribution in [2.24, 2.45) is 0 Å². The lowest BCUT2D eigenvalue weighted by Crippen LogP contribution is -2.34. The Labute approximate surface area is 182 Å². The van der Waals surface area contributed by atoms with E-state index in [9.17, 15) is 9.59 Å². The number of benzene rings is 2. The van der Waals surface area contributed by atoms with E-state index in [0.29, 0.717) is 5.82 Å². The van der Waals surface area contributed by atoms with Crippen LogP contribution in [0.5, 0.6) is 0 Å². The summed E-state index contributed by atoms with van der Waals surface area (Å²) in [7, 11) is 0. The van der Waals surface area contributed by atoms with Gasteiger partial charge in [-0.3, -0.25) is 10.1 Å². The van der Waals surface area contributed by atoms with Gasteiger partial charge in [0, 0.05) is 11.6 Å². The molecule has 0 saturated heterocycles. The second-order valence-electron chi connectivity index (χ2n) is 8.10. The van der Waals surface area contributed by atoms with Crippen LogP contribution in [0, 0.1) is 0 Å². The highest BCUT2D eigenvalue weighted by molar-refractivity contribution is 5.91. The number of para-hydroxylation sites is 1. The Balaban J connectivity index is 1.87. The van der Waals surface area contributed by atoms with Crippen LogP contribution < -0.4 is 10.6 Å². The number of ether oxygens (including phenoxy) is 1. The van der Waals surface area contributed by atoms with Gasteiger partial charge in [-0.25, -0.2) is 9.48 Å². The molecule has 0 aliphatic heterocycles. The largest absolute Gasteiger partial charge is 0.465 e. The highest BCUT2D eigenvalue weighted by atomic mass is 16.5. The third kappa shape index (κ3) is 5.72. The van der Waals surface area contributed by atoms with Crippen LogP contribution >= 0.6 is 0 Å². The number of amides is 2. The Bertz CT molecular complexity index is 1030. The van der Waals surface area contributed by atoms with E-state index in [1.165, 1.54) is 5.56 Å². The number of carbonyl (C=O) groups excluding carboxylic acids is 2. The maximum atomic E-state index is 12.3. The number of rotatable bonds is 6. The molecule has 0 fully saturated rings. The summed E-state index contributed by atoms with van der Waals surface area (Å²) >= 11 is 0. The maximum absolute atomic E-state index is 12.3. The third-order valence-corrected chi connectivity index (χ3v) is 4.70. The van der Waals surface area contributed by atoms with Gasteiger partial charge in [-0.05, 0) is 30.0 Å². The van der Waals surface area contributed by atoms with Crippen molar-refractivity contribution in [3.05, 3.63) is 66.2 Å². The van der Waals surface area contributed by atoms with E-state index in [4.69, 9.17) is 9.84 Å². The number of aromatic nitrogens is 2. The quantitative estimate of drug-likeness (QED) is 0.574. The number of nitrogens with one attached hydrogen (secondary N) is 2. The fourth-order valence-electron chi connectivity index (χ4n) is 3.04. The van der Waals surface area contributed by atoms with E-state index in [2.05, 4.69) is 43.5 Å². The maximum Gasteiger partial charge on any atom is 0.325 e. The number of hydrogen-bond donors (Lipinski definition) is 2. The van der Waals surface area contributed by atoms with Gasteiger partial charge in [0.25, 0.3) is 0 Å². The first-order valence-electron chi connectivity index (χ1n) is 10.2. The molecule has 2 N–H and O–H groups in total. The van der Waals surface area contributed by atoms with Gasteiger partial charge in [0.15, 0.2) is 0 Å². The molecule has 2 amide bonds.